The fourth-order valence-electron chi connectivity index (χ4n) is 2.96. The van der Waals surface area contributed by atoms with E-state index in [0.717, 1.165) is 39.3 Å². The first-order valence-corrected chi connectivity index (χ1v) is 8.66. The third-order valence-electron chi connectivity index (χ3n) is 4.46. The highest BCUT2D eigenvalue weighted by atomic mass is 16.5. The summed E-state index contributed by atoms with van der Waals surface area (Å²) in [5.41, 5.74) is 5.48. The highest BCUT2D eigenvalue weighted by molar-refractivity contribution is 6.03. The fourth-order valence-corrected chi connectivity index (χ4v) is 2.96. The van der Waals surface area contributed by atoms with E-state index in [9.17, 15) is 5.26 Å². The SMILES string of the molecule is COc1ccc(C(=C(C#N)c2ccc(C)cc2)c2ccc(OC)cc2)cc1. The van der Waals surface area contributed by atoms with Crippen molar-refractivity contribution >= 4 is 11.1 Å². The van der Waals surface area contributed by atoms with Gasteiger partial charge < -0.3 is 9.47 Å². The number of nitrogens with zero attached hydrogens (tertiary/aromatic N) is 1. The molecule has 3 heteroatoms. The average Bonchev–Trinajstić information content (AvgIpc) is 2.73. The maximum Gasteiger partial charge on any atom is 0.118 e. The summed E-state index contributed by atoms with van der Waals surface area (Å²) in [7, 11) is 3.28. The quantitative estimate of drug-likeness (QED) is 0.448. The molecule has 3 rings (SSSR count). The first kappa shape index (κ1) is 18.3. The summed E-state index contributed by atoms with van der Waals surface area (Å²) in [4.78, 5) is 0. The lowest BCUT2D eigenvalue weighted by molar-refractivity contribution is 0.414. The van der Waals surface area contributed by atoms with Crippen LogP contribution in [0.4, 0.5) is 0 Å². The van der Waals surface area contributed by atoms with Crippen LogP contribution in [0.15, 0.2) is 72.8 Å². The summed E-state index contributed by atoms with van der Waals surface area (Å²) < 4.78 is 10.5. The molecule has 27 heavy (non-hydrogen) atoms. The van der Waals surface area contributed by atoms with Gasteiger partial charge in [0.1, 0.15) is 17.6 Å². The Morgan fingerprint density at radius 3 is 1.44 bits per heavy atom. The summed E-state index contributed by atoms with van der Waals surface area (Å²) in [6.45, 7) is 2.04. The molecule has 0 heterocycles. The van der Waals surface area contributed by atoms with Crippen molar-refractivity contribution in [2.75, 3.05) is 14.2 Å². The molecule has 0 saturated carbocycles. The number of benzene rings is 3. The van der Waals surface area contributed by atoms with Gasteiger partial charge in [0.2, 0.25) is 0 Å². The lowest BCUT2D eigenvalue weighted by Gasteiger charge is -2.14. The van der Waals surface area contributed by atoms with Crippen LogP contribution in [-0.4, -0.2) is 14.2 Å². The van der Waals surface area contributed by atoms with Crippen LogP contribution in [0.2, 0.25) is 0 Å². The van der Waals surface area contributed by atoms with E-state index in [2.05, 4.69) is 6.07 Å². The smallest absolute Gasteiger partial charge is 0.118 e. The minimum absolute atomic E-state index is 0.630. The van der Waals surface area contributed by atoms with Gasteiger partial charge in [0.05, 0.1) is 19.8 Å². The Morgan fingerprint density at radius 1 is 0.667 bits per heavy atom. The van der Waals surface area contributed by atoms with Crippen LogP contribution in [0.5, 0.6) is 11.5 Å². The van der Waals surface area contributed by atoms with E-state index in [1.54, 1.807) is 14.2 Å². The minimum atomic E-state index is 0.630. The van der Waals surface area contributed by atoms with Crippen molar-refractivity contribution in [3.8, 4) is 17.6 Å². The molecular weight excluding hydrogens is 334 g/mol. The van der Waals surface area contributed by atoms with Crippen molar-refractivity contribution in [2.45, 2.75) is 6.92 Å². The Balaban J connectivity index is 2.23. The predicted octanol–water partition coefficient (Wildman–Crippen LogP) is 5.49. The van der Waals surface area contributed by atoms with Gasteiger partial charge in [-0.15, -0.1) is 0 Å². The second kappa shape index (κ2) is 8.25. The van der Waals surface area contributed by atoms with Crippen molar-refractivity contribution < 1.29 is 9.47 Å². The molecule has 0 aliphatic rings. The summed E-state index contributed by atoms with van der Waals surface area (Å²) in [6.07, 6.45) is 0. The molecule has 0 aliphatic carbocycles. The molecule has 0 fully saturated rings. The summed E-state index contributed by atoms with van der Waals surface area (Å²) in [5.74, 6) is 1.56. The molecular formula is C24H21NO2. The largest absolute Gasteiger partial charge is 0.497 e. The molecule has 0 aliphatic heterocycles. The number of allylic oxidation sites excluding steroid dienone is 1. The highest BCUT2D eigenvalue weighted by Gasteiger charge is 2.14. The van der Waals surface area contributed by atoms with E-state index in [1.165, 1.54) is 0 Å². The highest BCUT2D eigenvalue weighted by Crippen LogP contribution is 2.33. The van der Waals surface area contributed by atoms with E-state index >= 15 is 0 Å². The monoisotopic (exact) mass is 355 g/mol. The molecule has 0 spiro atoms. The first-order valence-electron chi connectivity index (χ1n) is 8.66. The average molecular weight is 355 g/mol. The number of rotatable bonds is 5. The van der Waals surface area contributed by atoms with Crippen LogP contribution in [0.25, 0.3) is 11.1 Å². The molecule has 0 saturated heterocycles. The van der Waals surface area contributed by atoms with Crippen LogP contribution < -0.4 is 9.47 Å². The molecule has 3 aromatic carbocycles. The zero-order chi connectivity index (χ0) is 19.2. The maximum atomic E-state index is 9.99. The molecule has 0 aromatic heterocycles. The van der Waals surface area contributed by atoms with Gasteiger partial charge >= 0.3 is 0 Å². The molecule has 0 amide bonds. The van der Waals surface area contributed by atoms with E-state index < -0.39 is 0 Å². The molecule has 0 bridgehead atoms. The minimum Gasteiger partial charge on any atom is -0.497 e. The van der Waals surface area contributed by atoms with Gasteiger partial charge in [0, 0.05) is 5.57 Å². The second-order valence-corrected chi connectivity index (χ2v) is 6.18. The van der Waals surface area contributed by atoms with Gasteiger partial charge in [-0.1, -0.05) is 54.1 Å². The number of hydrogen-bond acceptors (Lipinski definition) is 3. The van der Waals surface area contributed by atoms with E-state index in [4.69, 9.17) is 9.47 Å². The normalized spacial score (nSPS) is 10.0. The zero-order valence-corrected chi connectivity index (χ0v) is 15.7. The maximum absolute atomic E-state index is 9.99. The number of aryl methyl sites for hydroxylation is 1. The lowest BCUT2D eigenvalue weighted by Crippen LogP contribution is -1.95. The topological polar surface area (TPSA) is 42.2 Å². The van der Waals surface area contributed by atoms with E-state index in [1.807, 2.05) is 79.7 Å². The number of nitriles is 1. The van der Waals surface area contributed by atoms with E-state index in [0.29, 0.717) is 5.57 Å². The van der Waals surface area contributed by atoms with E-state index in [-0.39, 0.29) is 0 Å². The van der Waals surface area contributed by atoms with Crippen molar-refractivity contribution in [3.63, 3.8) is 0 Å². The molecule has 134 valence electrons. The molecule has 0 radical (unpaired) electrons. The van der Waals surface area contributed by atoms with Crippen molar-refractivity contribution in [1.29, 1.82) is 5.26 Å². The fraction of sp³-hybridized carbons (Fsp3) is 0.125. The van der Waals surface area contributed by atoms with Crippen molar-refractivity contribution in [2.24, 2.45) is 0 Å². The number of hydrogen-bond donors (Lipinski definition) is 0. The van der Waals surface area contributed by atoms with Gasteiger partial charge in [-0.05, 0) is 47.9 Å². The third-order valence-corrected chi connectivity index (χ3v) is 4.46. The molecule has 0 unspecified atom stereocenters. The Kier molecular flexibility index (Phi) is 5.58. The number of methoxy groups -OCH3 is 2. The van der Waals surface area contributed by atoms with Gasteiger partial charge in [-0.25, -0.2) is 0 Å². The Hall–Kier alpha value is -3.51. The summed E-state index contributed by atoms with van der Waals surface area (Å²) in [6, 6.07) is 26.0. The van der Waals surface area contributed by atoms with Crippen LogP contribution >= 0.6 is 0 Å². The van der Waals surface area contributed by atoms with Crippen LogP contribution in [0.1, 0.15) is 22.3 Å². The van der Waals surface area contributed by atoms with Gasteiger partial charge in [-0.2, -0.15) is 5.26 Å². The van der Waals surface area contributed by atoms with Gasteiger partial charge in [-0.3, -0.25) is 0 Å². The first-order chi connectivity index (χ1) is 13.2. The molecule has 3 aromatic rings. The third kappa shape index (κ3) is 4.02. The standard InChI is InChI=1S/C24H21NO2/c1-17-4-6-18(7-5-17)23(16-25)24(19-8-12-21(26-2)13-9-19)20-10-14-22(27-3)15-11-20/h4-15H,1-3H3. The zero-order valence-electron chi connectivity index (χ0n) is 15.7. The van der Waals surface area contributed by atoms with Crippen LogP contribution in [0, 0.1) is 18.3 Å². The molecule has 0 N–H and O–H groups in total. The van der Waals surface area contributed by atoms with Gasteiger partial charge in [0.15, 0.2) is 0 Å². The van der Waals surface area contributed by atoms with Crippen molar-refractivity contribution in [3.05, 3.63) is 95.1 Å². The summed E-state index contributed by atoms with van der Waals surface area (Å²) >= 11 is 0. The second-order valence-electron chi connectivity index (χ2n) is 6.18. The summed E-state index contributed by atoms with van der Waals surface area (Å²) in [5, 5.41) is 9.99. The predicted molar refractivity (Wildman–Crippen MR) is 109 cm³/mol. The molecule has 3 nitrogen and oxygen atoms in total. The van der Waals surface area contributed by atoms with Crippen LogP contribution in [0.3, 0.4) is 0 Å². The lowest BCUT2D eigenvalue weighted by atomic mass is 9.90. The van der Waals surface area contributed by atoms with Crippen LogP contribution in [-0.2, 0) is 0 Å². The molecule has 0 atom stereocenters. The van der Waals surface area contributed by atoms with Gasteiger partial charge in [0.25, 0.3) is 0 Å². The Morgan fingerprint density at radius 2 is 1.07 bits per heavy atom. The Labute approximate surface area is 160 Å². The number of ether oxygens (including phenoxy) is 2. The van der Waals surface area contributed by atoms with Crippen molar-refractivity contribution in [1.82, 2.24) is 0 Å². The Bertz CT molecular complexity index is 927.